The first-order chi connectivity index (χ1) is 16.0. The Labute approximate surface area is 206 Å². The van der Waals surface area contributed by atoms with Crippen LogP contribution < -0.4 is 0 Å². The molecule has 0 bridgehead atoms. The van der Waals surface area contributed by atoms with Crippen molar-refractivity contribution in [2.45, 2.75) is 102 Å². The van der Waals surface area contributed by atoms with Crippen molar-refractivity contribution in [3.8, 4) is 0 Å². The third-order valence-corrected chi connectivity index (χ3v) is 17.3. The van der Waals surface area contributed by atoms with Crippen molar-refractivity contribution >= 4 is 23.1 Å². The fraction of sp³-hybridized carbons (Fsp3) is 0.720. The number of esters is 1. The largest absolute Gasteiger partial charge is 0.450 e. The lowest BCUT2D eigenvalue weighted by Gasteiger charge is -2.51. The van der Waals surface area contributed by atoms with Crippen LogP contribution in [0.15, 0.2) is 30.3 Å². The van der Waals surface area contributed by atoms with Gasteiger partial charge in [0.25, 0.3) is 0 Å². The van der Waals surface area contributed by atoms with E-state index in [1.165, 1.54) is 0 Å². The molecule has 1 aromatic rings. The van der Waals surface area contributed by atoms with Crippen molar-refractivity contribution in [2.75, 3.05) is 13.7 Å². The molecule has 4 atom stereocenters. The maximum atomic E-state index is 13.0. The Morgan fingerprint density at radius 1 is 0.912 bits per heavy atom. The quantitative estimate of drug-likeness (QED) is 0.352. The highest BCUT2D eigenvalue weighted by Crippen LogP contribution is 2.47. The van der Waals surface area contributed by atoms with E-state index in [2.05, 4.69) is 55.4 Å². The molecule has 2 aliphatic heterocycles. The zero-order valence-electron chi connectivity index (χ0n) is 22.1. The minimum Gasteiger partial charge on any atom is -0.450 e. The molecule has 3 rings (SSSR count). The molecule has 0 amide bonds. The van der Waals surface area contributed by atoms with Crippen molar-refractivity contribution in [3.05, 3.63) is 35.9 Å². The summed E-state index contributed by atoms with van der Waals surface area (Å²) >= 11 is 0. The van der Waals surface area contributed by atoms with Gasteiger partial charge in [-0.15, -0.1) is 0 Å². The Bertz CT molecular complexity index is 799. The predicted octanol–water partition coefficient (Wildman–Crippen LogP) is 5.54. The van der Waals surface area contributed by atoms with Crippen molar-refractivity contribution in [3.63, 3.8) is 0 Å². The van der Waals surface area contributed by atoms with Crippen LogP contribution in [0.25, 0.3) is 0 Å². The Morgan fingerprint density at radius 2 is 1.47 bits per heavy atom. The van der Waals surface area contributed by atoms with E-state index in [0.717, 1.165) is 0 Å². The molecule has 0 aliphatic carbocycles. The lowest BCUT2D eigenvalue weighted by atomic mass is 10.1. The summed E-state index contributed by atoms with van der Waals surface area (Å²) in [6.45, 7) is 17.7. The van der Waals surface area contributed by atoms with Crippen LogP contribution in [0.5, 0.6) is 0 Å². The van der Waals surface area contributed by atoms with Crippen LogP contribution in [0.4, 0.5) is 0 Å². The Balaban J connectivity index is 2.02. The minimum atomic E-state index is -2.87. The molecular weight excluding hydrogens is 468 g/mol. The fourth-order valence-electron chi connectivity index (χ4n) is 5.19. The van der Waals surface area contributed by atoms with E-state index in [4.69, 9.17) is 27.2 Å². The number of carbonyl (C=O) groups is 1. The van der Waals surface area contributed by atoms with Gasteiger partial charge in [0.2, 0.25) is 0 Å². The van der Waals surface area contributed by atoms with Gasteiger partial charge in [-0.05, 0) is 34.3 Å². The predicted molar refractivity (Wildman–Crippen MR) is 135 cm³/mol. The van der Waals surface area contributed by atoms with E-state index in [1.54, 1.807) is 19.2 Å². The van der Waals surface area contributed by atoms with Crippen molar-refractivity contribution in [1.29, 1.82) is 0 Å². The molecule has 2 fully saturated rings. The van der Waals surface area contributed by atoms with Crippen LogP contribution in [0.3, 0.4) is 0 Å². The summed E-state index contributed by atoms with van der Waals surface area (Å²) in [7, 11) is -3.99. The standard InChI is InChI=1S/C25H42O7Si2/c1-16(2)33(17(3)4)28-15-21-22(31-34(32-33,18(5)6)19(7)8)23(25(27-9)29-21)30-24(26)20-13-11-10-12-14-20/h10-14,16-19,21-23,25H,15H2,1-9H3/t21-,22-,23+,25+/m0/s1. The molecule has 0 radical (unpaired) electrons. The van der Waals surface area contributed by atoms with Gasteiger partial charge in [0.15, 0.2) is 12.4 Å². The second-order valence-electron chi connectivity index (χ2n) is 10.6. The lowest BCUT2D eigenvalue weighted by Crippen LogP contribution is -2.66. The number of carbonyl (C=O) groups excluding carboxylic acids is 1. The molecule has 192 valence electrons. The summed E-state index contributed by atoms with van der Waals surface area (Å²) in [6.07, 6.45) is -2.44. The number of fused-ring (bicyclic) bond motifs is 1. The van der Waals surface area contributed by atoms with Crippen LogP contribution >= 0.6 is 0 Å². The highest BCUT2D eigenvalue weighted by atomic mass is 28.5. The van der Waals surface area contributed by atoms with E-state index < -0.39 is 47.7 Å². The zero-order chi connectivity index (χ0) is 25.3. The number of benzene rings is 1. The first-order valence-electron chi connectivity index (χ1n) is 12.4. The van der Waals surface area contributed by atoms with Gasteiger partial charge in [0.05, 0.1) is 12.2 Å². The lowest BCUT2D eigenvalue weighted by molar-refractivity contribution is -0.154. The van der Waals surface area contributed by atoms with Crippen LogP contribution in [0.1, 0.15) is 65.7 Å². The van der Waals surface area contributed by atoms with E-state index >= 15 is 0 Å². The highest BCUT2D eigenvalue weighted by molar-refractivity contribution is 6.84. The third-order valence-electron chi connectivity index (χ3n) is 7.08. The Kier molecular flexibility index (Phi) is 8.82. The summed E-state index contributed by atoms with van der Waals surface area (Å²) in [5.41, 5.74) is 1.27. The van der Waals surface area contributed by atoms with Crippen LogP contribution in [0.2, 0.25) is 22.2 Å². The number of ether oxygens (including phenoxy) is 3. The minimum absolute atomic E-state index is 0.159. The molecule has 34 heavy (non-hydrogen) atoms. The van der Waals surface area contributed by atoms with Crippen LogP contribution in [-0.4, -0.2) is 61.4 Å². The summed E-state index contributed by atoms with van der Waals surface area (Å²) < 4.78 is 38.9. The van der Waals surface area contributed by atoms with E-state index in [-0.39, 0.29) is 22.2 Å². The van der Waals surface area contributed by atoms with Gasteiger partial charge in [-0.2, -0.15) is 0 Å². The van der Waals surface area contributed by atoms with Crippen molar-refractivity contribution in [2.24, 2.45) is 0 Å². The summed E-state index contributed by atoms with van der Waals surface area (Å²) in [6, 6.07) is 8.94. The van der Waals surface area contributed by atoms with Gasteiger partial charge in [-0.3, -0.25) is 0 Å². The molecule has 2 saturated heterocycles. The Hall–Kier alpha value is -1.08. The van der Waals surface area contributed by atoms with Gasteiger partial charge < -0.3 is 27.2 Å². The zero-order valence-corrected chi connectivity index (χ0v) is 24.1. The molecule has 2 aliphatic rings. The molecule has 0 unspecified atom stereocenters. The molecule has 0 N–H and O–H groups in total. The summed E-state index contributed by atoms with van der Waals surface area (Å²) in [4.78, 5) is 13.0. The van der Waals surface area contributed by atoms with E-state index in [0.29, 0.717) is 12.2 Å². The summed E-state index contributed by atoms with van der Waals surface area (Å²) in [5, 5.41) is 0. The van der Waals surface area contributed by atoms with Gasteiger partial charge >= 0.3 is 23.1 Å². The second-order valence-corrected chi connectivity index (χ2v) is 19.4. The van der Waals surface area contributed by atoms with Gasteiger partial charge in [-0.1, -0.05) is 73.6 Å². The second kappa shape index (κ2) is 10.9. The van der Waals surface area contributed by atoms with E-state index in [1.807, 2.05) is 18.2 Å². The maximum absolute atomic E-state index is 13.0. The molecular formula is C25H42O7Si2. The maximum Gasteiger partial charge on any atom is 0.338 e. The topological polar surface area (TPSA) is 72.5 Å². The SMILES string of the molecule is CO[C@@H]1O[C@H]2CO[Si](C(C)C)(C(C)C)O[Si](C(C)C)(C(C)C)O[C@@H]2[C@H]1OC(=O)c1ccccc1. The Morgan fingerprint density at radius 3 is 1.97 bits per heavy atom. The average Bonchev–Trinajstić information content (AvgIpc) is 3.09. The molecule has 0 spiro atoms. The highest BCUT2D eigenvalue weighted by Gasteiger charge is 2.62. The van der Waals surface area contributed by atoms with E-state index in [9.17, 15) is 4.79 Å². The van der Waals surface area contributed by atoms with Crippen molar-refractivity contribution < 1.29 is 32.0 Å². The molecule has 0 saturated carbocycles. The fourth-order valence-corrected chi connectivity index (χ4v) is 16.4. The normalized spacial score (nSPS) is 28.7. The molecule has 7 nitrogen and oxygen atoms in total. The molecule has 2 heterocycles. The first-order valence-corrected chi connectivity index (χ1v) is 16.4. The van der Waals surface area contributed by atoms with Crippen LogP contribution in [0, 0.1) is 0 Å². The average molecular weight is 511 g/mol. The number of hydrogen-bond donors (Lipinski definition) is 0. The monoisotopic (exact) mass is 510 g/mol. The van der Waals surface area contributed by atoms with Gasteiger partial charge in [0, 0.05) is 7.11 Å². The van der Waals surface area contributed by atoms with Gasteiger partial charge in [0.1, 0.15) is 12.2 Å². The smallest absolute Gasteiger partial charge is 0.338 e. The molecule has 9 heteroatoms. The summed E-state index contributed by atoms with van der Waals surface area (Å²) in [5.74, 6) is -0.432. The number of methoxy groups -OCH3 is 1. The van der Waals surface area contributed by atoms with Crippen LogP contribution in [-0.2, 0) is 27.2 Å². The third kappa shape index (κ3) is 5.07. The number of rotatable bonds is 7. The molecule has 0 aromatic heterocycles. The van der Waals surface area contributed by atoms with Gasteiger partial charge in [-0.25, -0.2) is 4.79 Å². The first kappa shape index (κ1) is 27.5. The van der Waals surface area contributed by atoms with Crippen molar-refractivity contribution in [1.82, 2.24) is 0 Å². The number of hydrogen-bond acceptors (Lipinski definition) is 7. The molecule has 1 aromatic carbocycles.